The molecule has 0 aliphatic carbocycles. The second kappa shape index (κ2) is 11.7. The summed E-state index contributed by atoms with van der Waals surface area (Å²) in [6.45, 7) is 6.35. The van der Waals surface area contributed by atoms with Crippen LogP contribution in [-0.2, 0) is 4.74 Å². The zero-order valence-electron chi connectivity index (χ0n) is 16.1. The summed E-state index contributed by atoms with van der Waals surface area (Å²) in [6, 6.07) is 5.47. The lowest BCUT2D eigenvalue weighted by Crippen LogP contribution is -2.39. The molecule has 0 unspecified atom stereocenters. The fourth-order valence-electron chi connectivity index (χ4n) is 1.89. The van der Waals surface area contributed by atoms with E-state index in [0.717, 1.165) is 5.69 Å². The van der Waals surface area contributed by atoms with Crippen LogP contribution in [0.4, 0.5) is 10.5 Å². The first-order chi connectivity index (χ1) is 11.8. The van der Waals surface area contributed by atoms with Gasteiger partial charge in [-0.15, -0.1) is 24.0 Å². The van der Waals surface area contributed by atoms with E-state index in [1.165, 1.54) is 0 Å². The number of ether oxygens (including phenoxy) is 3. The summed E-state index contributed by atoms with van der Waals surface area (Å²) >= 11 is 0. The van der Waals surface area contributed by atoms with Crippen molar-refractivity contribution in [1.29, 1.82) is 0 Å². The number of hydrogen-bond donors (Lipinski definition) is 3. The lowest BCUT2D eigenvalue weighted by molar-refractivity contribution is 0.0529. The number of benzene rings is 1. The maximum atomic E-state index is 11.6. The number of aliphatic imine (C=N–C) groups is 1. The molecule has 0 atom stereocenters. The molecule has 0 saturated heterocycles. The highest BCUT2D eigenvalue weighted by atomic mass is 127. The Balaban J connectivity index is 0.00000625. The summed E-state index contributed by atoms with van der Waals surface area (Å²) in [5.74, 6) is 1.84. The first-order valence-corrected chi connectivity index (χ1v) is 7.95. The molecule has 8 nitrogen and oxygen atoms in total. The first-order valence-electron chi connectivity index (χ1n) is 7.95. The minimum absolute atomic E-state index is 0. The molecule has 1 rings (SSSR count). The average molecular weight is 480 g/mol. The summed E-state index contributed by atoms with van der Waals surface area (Å²) in [6.07, 6.45) is -0.447. The second-order valence-electron chi connectivity index (χ2n) is 6.12. The summed E-state index contributed by atoms with van der Waals surface area (Å²) in [4.78, 5) is 15.7. The molecule has 0 saturated carbocycles. The molecule has 0 fully saturated rings. The summed E-state index contributed by atoms with van der Waals surface area (Å²) in [5.41, 5.74) is 0.286. The number of carbonyl (C=O) groups excluding carboxylic acids is 1. The molecule has 0 radical (unpaired) electrons. The van der Waals surface area contributed by atoms with Gasteiger partial charge in [-0.3, -0.25) is 4.99 Å². The van der Waals surface area contributed by atoms with Gasteiger partial charge in [-0.25, -0.2) is 4.79 Å². The smallest absolute Gasteiger partial charge is 0.407 e. The van der Waals surface area contributed by atoms with Crippen molar-refractivity contribution in [2.45, 2.75) is 26.4 Å². The Bertz CT molecular complexity index is 603. The topological polar surface area (TPSA) is 93.2 Å². The lowest BCUT2D eigenvalue weighted by atomic mass is 10.2. The fraction of sp³-hybridized carbons (Fsp3) is 0.529. The normalized spacial score (nSPS) is 11.1. The van der Waals surface area contributed by atoms with Gasteiger partial charge < -0.3 is 30.2 Å². The van der Waals surface area contributed by atoms with E-state index in [9.17, 15) is 4.79 Å². The van der Waals surface area contributed by atoms with Crippen LogP contribution >= 0.6 is 24.0 Å². The van der Waals surface area contributed by atoms with E-state index < -0.39 is 11.7 Å². The maximum Gasteiger partial charge on any atom is 0.407 e. The summed E-state index contributed by atoms with van der Waals surface area (Å²) in [7, 11) is 4.83. The molecule has 1 aromatic carbocycles. The number of alkyl carbamates (subject to hydrolysis) is 1. The first kappa shape index (κ1) is 24.1. The number of amides is 1. The van der Waals surface area contributed by atoms with E-state index in [0.29, 0.717) is 30.5 Å². The Morgan fingerprint density at radius 1 is 1.08 bits per heavy atom. The predicted octanol–water partition coefficient (Wildman–Crippen LogP) is 2.83. The van der Waals surface area contributed by atoms with Crippen molar-refractivity contribution in [3.63, 3.8) is 0 Å². The van der Waals surface area contributed by atoms with Crippen LogP contribution in [0.15, 0.2) is 23.2 Å². The van der Waals surface area contributed by atoms with Gasteiger partial charge in [0.05, 0.1) is 14.2 Å². The second-order valence-corrected chi connectivity index (χ2v) is 6.12. The summed E-state index contributed by atoms with van der Waals surface area (Å²) in [5, 5.41) is 8.91. The standard InChI is InChI=1S/C17H28N4O4.HI/c1-17(2,3)25-16(22)20-10-9-19-15(18-4)21-12-7-8-13(23-5)14(11-12)24-6;/h7-8,11H,9-10H2,1-6H3,(H,20,22)(H2,18,19,21);1H. The molecule has 0 heterocycles. The molecule has 3 N–H and O–H groups in total. The number of carbonyl (C=O) groups is 1. The van der Waals surface area contributed by atoms with Crippen LogP contribution in [0, 0.1) is 0 Å². The fourth-order valence-corrected chi connectivity index (χ4v) is 1.89. The van der Waals surface area contributed by atoms with E-state index in [1.807, 2.05) is 32.9 Å². The minimum Gasteiger partial charge on any atom is -0.493 e. The molecular formula is C17H29IN4O4. The SMILES string of the molecule is CN=C(NCCNC(=O)OC(C)(C)C)Nc1ccc(OC)c(OC)c1.I. The van der Waals surface area contributed by atoms with Crippen LogP contribution in [-0.4, -0.2) is 52.0 Å². The highest BCUT2D eigenvalue weighted by Gasteiger charge is 2.15. The van der Waals surface area contributed by atoms with Crippen molar-refractivity contribution < 1.29 is 19.0 Å². The third-order valence-corrected chi connectivity index (χ3v) is 2.96. The molecule has 0 aliphatic rings. The number of halogens is 1. The number of rotatable bonds is 6. The van der Waals surface area contributed by atoms with Crippen molar-refractivity contribution in [3.8, 4) is 11.5 Å². The Morgan fingerprint density at radius 3 is 2.23 bits per heavy atom. The van der Waals surface area contributed by atoms with Crippen LogP contribution < -0.4 is 25.4 Å². The zero-order chi connectivity index (χ0) is 18.9. The number of nitrogens with zero attached hydrogens (tertiary/aromatic N) is 1. The largest absolute Gasteiger partial charge is 0.493 e. The summed E-state index contributed by atoms with van der Waals surface area (Å²) < 4.78 is 15.6. The van der Waals surface area contributed by atoms with Crippen LogP contribution in [0.25, 0.3) is 0 Å². The number of anilines is 1. The third kappa shape index (κ3) is 8.97. The van der Waals surface area contributed by atoms with Gasteiger partial charge in [-0.2, -0.15) is 0 Å². The number of nitrogens with one attached hydrogen (secondary N) is 3. The Kier molecular flexibility index (Phi) is 10.8. The molecule has 26 heavy (non-hydrogen) atoms. The Labute approximate surface area is 172 Å². The Morgan fingerprint density at radius 2 is 1.69 bits per heavy atom. The minimum atomic E-state index is -0.511. The highest BCUT2D eigenvalue weighted by molar-refractivity contribution is 14.0. The Hall–Kier alpha value is -1.91. The number of hydrogen-bond acceptors (Lipinski definition) is 5. The number of guanidine groups is 1. The van der Waals surface area contributed by atoms with E-state index in [-0.39, 0.29) is 24.0 Å². The van der Waals surface area contributed by atoms with Crippen molar-refractivity contribution in [2.24, 2.45) is 4.99 Å². The predicted molar refractivity (Wildman–Crippen MR) is 114 cm³/mol. The van der Waals surface area contributed by atoms with Gasteiger partial charge in [0.2, 0.25) is 0 Å². The van der Waals surface area contributed by atoms with E-state index in [4.69, 9.17) is 14.2 Å². The quantitative estimate of drug-likeness (QED) is 0.251. The van der Waals surface area contributed by atoms with Crippen molar-refractivity contribution >= 4 is 41.7 Å². The van der Waals surface area contributed by atoms with Crippen molar-refractivity contribution in [3.05, 3.63) is 18.2 Å². The van der Waals surface area contributed by atoms with Crippen LogP contribution in [0.5, 0.6) is 11.5 Å². The zero-order valence-corrected chi connectivity index (χ0v) is 18.5. The molecule has 148 valence electrons. The molecular weight excluding hydrogens is 451 g/mol. The van der Waals surface area contributed by atoms with Gasteiger partial charge in [0, 0.05) is 31.9 Å². The van der Waals surface area contributed by atoms with Crippen LogP contribution in [0.2, 0.25) is 0 Å². The van der Waals surface area contributed by atoms with E-state index in [2.05, 4.69) is 20.9 Å². The average Bonchev–Trinajstić information content (AvgIpc) is 2.55. The van der Waals surface area contributed by atoms with Gasteiger partial charge in [-0.05, 0) is 32.9 Å². The monoisotopic (exact) mass is 480 g/mol. The van der Waals surface area contributed by atoms with Crippen LogP contribution in [0.3, 0.4) is 0 Å². The van der Waals surface area contributed by atoms with Gasteiger partial charge in [0.25, 0.3) is 0 Å². The molecule has 9 heteroatoms. The van der Waals surface area contributed by atoms with E-state index >= 15 is 0 Å². The molecule has 1 aromatic rings. The van der Waals surface area contributed by atoms with Gasteiger partial charge >= 0.3 is 6.09 Å². The van der Waals surface area contributed by atoms with Gasteiger partial charge in [0.15, 0.2) is 17.5 Å². The lowest BCUT2D eigenvalue weighted by Gasteiger charge is -2.20. The maximum absolute atomic E-state index is 11.6. The van der Waals surface area contributed by atoms with Crippen molar-refractivity contribution in [2.75, 3.05) is 39.7 Å². The van der Waals surface area contributed by atoms with Crippen molar-refractivity contribution in [1.82, 2.24) is 10.6 Å². The molecule has 0 bridgehead atoms. The molecule has 0 aromatic heterocycles. The molecule has 0 aliphatic heterocycles. The number of methoxy groups -OCH3 is 2. The van der Waals surface area contributed by atoms with E-state index in [1.54, 1.807) is 27.3 Å². The van der Waals surface area contributed by atoms with Gasteiger partial charge in [-0.1, -0.05) is 0 Å². The molecule has 0 spiro atoms. The molecule has 1 amide bonds. The third-order valence-electron chi connectivity index (χ3n) is 2.96. The van der Waals surface area contributed by atoms with Crippen LogP contribution in [0.1, 0.15) is 20.8 Å². The highest BCUT2D eigenvalue weighted by Crippen LogP contribution is 2.29. The van der Waals surface area contributed by atoms with Gasteiger partial charge in [0.1, 0.15) is 5.60 Å².